The van der Waals surface area contributed by atoms with Crippen LogP contribution in [0.3, 0.4) is 0 Å². The highest BCUT2D eigenvalue weighted by molar-refractivity contribution is 7.99. The minimum Gasteiger partial charge on any atom is -0.355 e. The number of benzene rings is 2. The first-order valence-electron chi connectivity index (χ1n) is 8.24. The highest BCUT2D eigenvalue weighted by atomic mass is 32.2. The van der Waals surface area contributed by atoms with E-state index >= 15 is 0 Å². The topological polar surface area (TPSA) is 85.8 Å². The number of nitrogens with zero attached hydrogens (tertiary/aromatic N) is 3. The Balaban J connectivity index is 1.72. The number of nitrogens with one attached hydrogen (secondary N) is 1. The number of hydrogen-bond acceptors (Lipinski definition) is 5. The van der Waals surface area contributed by atoms with Gasteiger partial charge in [0.25, 0.3) is 0 Å². The summed E-state index contributed by atoms with van der Waals surface area (Å²) in [6, 6.07) is 14.4. The maximum Gasteiger partial charge on any atom is 0.230 e. The molecule has 0 saturated heterocycles. The van der Waals surface area contributed by atoms with Gasteiger partial charge in [-0.1, -0.05) is 61.2 Å². The molecule has 3 N–H and O–H groups in total. The molecule has 0 aliphatic rings. The van der Waals surface area contributed by atoms with Crippen molar-refractivity contribution in [3.63, 3.8) is 0 Å². The molecule has 0 spiro atoms. The van der Waals surface area contributed by atoms with Crippen LogP contribution in [0.5, 0.6) is 0 Å². The Labute approximate surface area is 150 Å². The zero-order valence-electron chi connectivity index (χ0n) is 14.1. The van der Waals surface area contributed by atoms with Crippen LogP contribution in [0.15, 0.2) is 47.6 Å². The molecular weight excluding hydrogens is 334 g/mol. The molecule has 1 amide bonds. The summed E-state index contributed by atoms with van der Waals surface area (Å²) >= 11 is 1.29. The number of thioether (sulfide) groups is 1. The molecule has 7 heteroatoms. The van der Waals surface area contributed by atoms with Crippen LogP contribution in [-0.2, 0) is 11.2 Å². The first-order chi connectivity index (χ1) is 12.2. The van der Waals surface area contributed by atoms with Crippen LogP contribution in [0.1, 0.15) is 24.7 Å². The van der Waals surface area contributed by atoms with Gasteiger partial charge in [0.1, 0.15) is 0 Å². The van der Waals surface area contributed by atoms with Gasteiger partial charge in [-0.05, 0) is 22.8 Å². The minimum absolute atomic E-state index is 0.0227. The van der Waals surface area contributed by atoms with Crippen molar-refractivity contribution in [2.75, 3.05) is 18.1 Å². The summed E-state index contributed by atoms with van der Waals surface area (Å²) in [6.45, 7) is 2.70. The number of amides is 1. The number of nitrogen functional groups attached to an aromatic ring is 1. The molecule has 0 fully saturated rings. The van der Waals surface area contributed by atoms with Gasteiger partial charge in [-0.3, -0.25) is 4.79 Å². The van der Waals surface area contributed by atoms with Gasteiger partial charge in [0.15, 0.2) is 5.82 Å². The van der Waals surface area contributed by atoms with E-state index in [1.807, 2.05) is 25.1 Å². The second kappa shape index (κ2) is 8.02. The summed E-state index contributed by atoms with van der Waals surface area (Å²) in [6.07, 6.45) is 1.51. The van der Waals surface area contributed by atoms with Gasteiger partial charge < -0.3 is 11.2 Å². The Hall–Kier alpha value is -2.54. The van der Waals surface area contributed by atoms with Crippen LogP contribution in [-0.4, -0.2) is 33.1 Å². The number of fused-ring (bicyclic) bond motifs is 1. The molecule has 1 heterocycles. The Morgan fingerprint density at radius 3 is 2.84 bits per heavy atom. The lowest BCUT2D eigenvalue weighted by molar-refractivity contribution is -0.118. The molecule has 0 aliphatic heterocycles. The van der Waals surface area contributed by atoms with Gasteiger partial charge in [-0.25, -0.2) is 4.68 Å². The SMILES string of the molecule is CCCNC(=O)CSc1nnc(Cc2cccc3ccccc23)n1N. The van der Waals surface area contributed by atoms with E-state index in [-0.39, 0.29) is 11.7 Å². The Morgan fingerprint density at radius 2 is 2.00 bits per heavy atom. The molecule has 0 radical (unpaired) electrons. The Morgan fingerprint density at radius 1 is 1.20 bits per heavy atom. The van der Waals surface area contributed by atoms with Crippen molar-refractivity contribution in [2.45, 2.75) is 24.9 Å². The van der Waals surface area contributed by atoms with Crippen molar-refractivity contribution in [1.29, 1.82) is 0 Å². The molecule has 2 aromatic carbocycles. The fourth-order valence-electron chi connectivity index (χ4n) is 2.59. The second-order valence-corrected chi connectivity index (χ2v) is 6.66. The van der Waals surface area contributed by atoms with Crippen LogP contribution in [0, 0.1) is 0 Å². The standard InChI is InChI=1S/C18H21N5OS/c1-2-10-20-17(24)12-25-18-22-21-16(23(18)19)11-14-8-5-7-13-6-3-4-9-15(13)14/h3-9H,2,10-12,19H2,1H3,(H,20,24). The van der Waals surface area contributed by atoms with Crippen molar-refractivity contribution in [2.24, 2.45) is 0 Å². The van der Waals surface area contributed by atoms with Crippen LogP contribution in [0.4, 0.5) is 0 Å². The fraction of sp³-hybridized carbons (Fsp3) is 0.278. The van der Waals surface area contributed by atoms with Crippen molar-refractivity contribution >= 4 is 28.4 Å². The minimum atomic E-state index is -0.0227. The number of nitrogens with two attached hydrogens (primary N) is 1. The summed E-state index contributed by atoms with van der Waals surface area (Å²) in [4.78, 5) is 11.7. The van der Waals surface area contributed by atoms with Crippen LogP contribution in [0.2, 0.25) is 0 Å². The quantitative estimate of drug-likeness (QED) is 0.502. The van der Waals surface area contributed by atoms with E-state index in [2.05, 4.69) is 39.8 Å². The maximum atomic E-state index is 11.7. The van der Waals surface area contributed by atoms with Gasteiger partial charge in [-0.2, -0.15) is 0 Å². The Kier molecular flexibility index (Phi) is 5.55. The third kappa shape index (κ3) is 4.11. The van der Waals surface area contributed by atoms with Gasteiger partial charge in [0.05, 0.1) is 5.75 Å². The van der Waals surface area contributed by atoms with Crippen LogP contribution >= 0.6 is 11.8 Å². The van der Waals surface area contributed by atoms with Gasteiger partial charge >= 0.3 is 0 Å². The summed E-state index contributed by atoms with van der Waals surface area (Å²) in [5.74, 6) is 7.05. The summed E-state index contributed by atoms with van der Waals surface area (Å²) in [5.41, 5.74) is 1.15. The molecule has 3 aromatic rings. The highest BCUT2D eigenvalue weighted by Crippen LogP contribution is 2.22. The van der Waals surface area contributed by atoms with Gasteiger partial charge in [0, 0.05) is 13.0 Å². The number of rotatable bonds is 7. The lowest BCUT2D eigenvalue weighted by Crippen LogP contribution is -2.26. The number of aromatic nitrogens is 3. The average Bonchev–Trinajstić information content (AvgIpc) is 2.98. The molecule has 130 valence electrons. The predicted molar refractivity (Wildman–Crippen MR) is 101 cm³/mol. The number of carbonyl (C=O) groups is 1. The number of carbonyl (C=O) groups excluding carboxylic acids is 1. The third-order valence-electron chi connectivity index (χ3n) is 3.87. The monoisotopic (exact) mass is 355 g/mol. The summed E-state index contributed by atoms with van der Waals surface area (Å²) in [5, 5.41) is 14.0. The van der Waals surface area contributed by atoms with E-state index in [1.54, 1.807) is 0 Å². The first-order valence-corrected chi connectivity index (χ1v) is 9.23. The third-order valence-corrected chi connectivity index (χ3v) is 4.81. The first kappa shape index (κ1) is 17.3. The molecular formula is C18H21N5OS. The maximum absolute atomic E-state index is 11.7. The second-order valence-electron chi connectivity index (χ2n) is 5.72. The number of hydrogen-bond donors (Lipinski definition) is 2. The van der Waals surface area contributed by atoms with E-state index in [9.17, 15) is 4.79 Å². The van der Waals surface area contributed by atoms with Crippen molar-refractivity contribution in [1.82, 2.24) is 20.2 Å². The Bertz CT molecular complexity index is 872. The molecule has 0 bridgehead atoms. The van der Waals surface area contributed by atoms with Crippen molar-refractivity contribution in [3.05, 3.63) is 53.9 Å². The lowest BCUT2D eigenvalue weighted by Gasteiger charge is -2.07. The zero-order valence-corrected chi connectivity index (χ0v) is 14.9. The highest BCUT2D eigenvalue weighted by Gasteiger charge is 2.13. The smallest absolute Gasteiger partial charge is 0.230 e. The summed E-state index contributed by atoms with van der Waals surface area (Å²) in [7, 11) is 0. The van der Waals surface area contributed by atoms with Gasteiger partial charge in [-0.15, -0.1) is 10.2 Å². The van der Waals surface area contributed by atoms with E-state index in [0.29, 0.717) is 23.9 Å². The van der Waals surface area contributed by atoms with Crippen molar-refractivity contribution in [3.8, 4) is 0 Å². The van der Waals surface area contributed by atoms with Gasteiger partial charge in [0.2, 0.25) is 11.1 Å². The molecule has 25 heavy (non-hydrogen) atoms. The van der Waals surface area contributed by atoms with Crippen molar-refractivity contribution < 1.29 is 4.79 Å². The molecule has 0 atom stereocenters. The fourth-order valence-corrected chi connectivity index (χ4v) is 3.29. The summed E-state index contributed by atoms with van der Waals surface area (Å²) < 4.78 is 1.47. The molecule has 1 aromatic heterocycles. The van der Waals surface area contributed by atoms with E-state index in [0.717, 1.165) is 12.0 Å². The molecule has 6 nitrogen and oxygen atoms in total. The molecule has 0 unspecified atom stereocenters. The van der Waals surface area contributed by atoms with Crippen LogP contribution in [0.25, 0.3) is 10.8 Å². The molecule has 3 rings (SSSR count). The van der Waals surface area contributed by atoms with Crippen LogP contribution < -0.4 is 11.2 Å². The zero-order chi connectivity index (χ0) is 17.6. The molecule has 0 aliphatic carbocycles. The lowest BCUT2D eigenvalue weighted by atomic mass is 10.0. The normalized spacial score (nSPS) is 10.9. The van der Waals surface area contributed by atoms with E-state index < -0.39 is 0 Å². The van der Waals surface area contributed by atoms with E-state index in [1.165, 1.54) is 27.2 Å². The molecule has 0 saturated carbocycles. The average molecular weight is 355 g/mol. The van der Waals surface area contributed by atoms with E-state index in [4.69, 9.17) is 5.84 Å². The largest absolute Gasteiger partial charge is 0.355 e. The predicted octanol–water partition coefficient (Wildman–Crippen LogP) is 2.35.